The van der Waals surface area contributed by atoms with Crippen molar-refractivity contribution in [2.24, 2.45) is 0 Å². The minimum absolute atomic E-state index is 0.109. The van der Waals surface area contributed by atoms with E-state index in [9.17, 15) is 9.59 Å². The van der Waals surface area contributed by atoms with E-state index in [-0.39, 0.29) is 12.0 Å². The Bertz CT molecular complexity index is 486. The third kappa shape index (κ3) is 5.21. The summed E-state index contributed by atoms with van der Waals surface area (Å²) in [6.07, 6.45) is 4.98. The van der Waals surface area contributed by atoms with Crippen molar-refractivity contribution in [3.8, 4) is 0 Å². The molecule has 0 amide bonds. The SMILES string of the molecule is COC(=O)C/C(=C\C=C\c1ccccc1)C(=O)OC. The molecular weight excluding hydrogens is 244 g/mol. The molecule has 0 heterocycles. The van der Waals surface area contributed by atoms with Gasteiger partial charge in [-0.15, -0.1) is 0 Å². The number of rotatable bonds is 5. The van der Waals surface area contributed by atoms with Crippen LogP contribution in [0.1, 0.15) is 12.0 Å². The number of esters is 2. The van der Waals surface area contributed by atoms with E-state index in [1.807, 2.05) is 36.4 Å². The topological polar surface area (TPSA) is 52.6 Å². The highest BCUT2D eigenvalue weighted by atomic mass is 16.5. The Kier molecular flexibility index (Phi) is 6.09. The van der Waals surface area contributed by atoms with Gasteiger partial charge in [0.1, 0.15) is 0 Å². The zero-order valence-corrected chi connectivity index (χ0v) is 11.0. The van der Waals surface area contributed by atoms with Crippen molar-refractivity contribution in [1.82, 2.24) is 0 Å². The number of carbonyl (C=O) groups is 2. The maximum atomic E-state index is 11.5. The van der Waals surface area contributed by atoms with Crippen LogP contribution >= 0.6 is 0 Å². The zero-order valence-electron chi connectivity index (χ0n) is 11.0. The molecule has 0 atom stereocenters. The molecule has 0 fully saturated rings. The molecule has 0 spiro atoms. The Labute approximate surface area is 112 Å². The molecule has 100 valence electrons. The predicted octanol–water partition coefficient (Wildman–Crippen LogP) is 2.36. The van der Waals surface area contributed by atoms with Gasteiger partial charge in [0.2, 0.25) is 0 Å². The van der Waals surface area contributed by atoms with Gasteiger partial charge in [-0.25, -0.2) is 4.79 Å². The highest BCUT2D eigenvalue weighted by Gasteiger charge is 2.13. The van der Waals surface area contributed by atoms with Gasteiger partial charge < -0.3 is 9.47 Å². The van der Waals surface area contributed by atoms with Gasteiger partial charge in [0, 0.05) is 5.57 Å². The molecule has 1 aromatic rings. The fraction of sp³-hybridized carbons (Fsp3) is 0.200. The lowest BCUT2D eigenvalue weighted by Crippen LogP contribution is -2.10. The molecule has 4 heteroatoms. The lowest BCUT2D eigenvalue weighted by atomic mass is 10.1. The molecule has 1 aromatic carbocycles. The largest absolute Gasteiger partial charge is 0.469 e. The first-order valence-corrected chi connectivity index (χ1v) is 5.74. The van der Waals surface area contributed by atoms with Crippen molar-refractivity contribution in [2.45, 2.75) is 6.42 Å². The molecule has 0 aliphatic heterocycles. The summed E-state index contributed by atoms with van der Waals surface area (Å²) < 4.78 is 9.14. The van der Waals surface area contributed by atoms with E-state index in [1.165, 1.54) is 14.2 Å². The van der Waals surface area contributed by atoms with Crippen molar-refractivity contribution < 1.29 is 19.1 Å². The summed E-state index contributed by atoms with van der Waals surface area (Å²) in [6, 6.07) is 9.62. The van der Waals surface area contributed by atoms with Crippen LogP contribution in [-0.2, 0) is 19.1 Å². The second kappa shape index (κ2) is 7.87. The van der Waals surface area contributed by atoms with Crippen LogP contribution in [0.3, 0.4) is 0 Å². The second-order valence-corrected chi connectivity index (χ2v) is 3.71. The third-order valence-electron chi connectivity index (χ3n) is 2.40. The maximum Gasteiger partial charge on any atom is 0.334 e. The monoisotopic (exact) mass is 260 g/mol. The van der Waals surface area contributed by atoms with Crippen LogP contribution in [0.4, 0.5) is 0 Å². The van der Waals surface area contributed by atoms with Gasteiger partial charge in [-0.05, 0) is 5.56 Å². The summed E-state index contributed by atoms with van der Waals surface area (Å²) in [6.45, 7) is 0. The molecule has 0 aromatic heterocycles. The van der Waals surface area contributed by atoms with Crippen LogP contribution in [-0.4, -0.2) is 26.2 Å². The van der Waals surface area contributed by atoms with Crippen LogP contribution in [0.5, 0.6) is 0 Å². The summed E-state index contributed by atoms with van der Waals surface area (Å²) in [5.41, 5.74) is 1.25. The van der Waals surface area contributed by atoms with E-state index >= 15 is 0 Å². The molecule has 0 bridgehead atoms. The highest BCUT2D eigenvalue weighted by Crippen LogP contribution is 2.07. The molecule has 1 rings (SSSR count). The zero-order chi connectivity index (χ0) is 14.1. The third-order valence-corrected chi connectivity index (χ3v) is 2.40. The van der Waals surface area contributed by atoms with Crippen LogP contribution in [0, 0.1) is 0 Å². The fourth-order valence-electron chi connectivity index (χ4n) is 1.40. The van der Waals surface area contributed by atoms with Crippen LogP contribution in [0.2, 0.25) is 0 Å². The summed E-state index contributed by atoms with van der Waals surface area (Å²) >= 11 is 0. The van der Waals surface area contributed by atoms with E-state index in [4.69, 9.17) is 0 Å². The van der Waals surface area contributed by atoms with Gasteiger partial charge in [-0.2, -0.15) is 0 Å². The number of hydrogen-bond acceptors (Lipinski definition) is 4. The molecule has 0 radical (unpaired) electrons. The molecule has 4 nitrogen and oxygen atoms in total. The van der Waals surface area contributed by atoms with Crippen LogP contribution in [0.25, 0.3) is 6.08 Å². The van der Waals surface area contributed by atoms with Gasteiger partial charge in [0.15, 0.2) is 0 Å². The summed E-state index contributed by atoms with van der Waals surface area (Å²) in [5, 5.41) is 0. The molecule has 0 unspecified atom stereocenters. The lowest BCUT2D eigenvalue weighted by molar-refractivity contribution is -0.143. The Morgan fingerprint density at radius 1 is 1.11 bits per heavy atom. The molecule has 0 aliphatic carbocycles. The minimum Gasteiger partial charge on any atom is -0.469 e. The quantitative estimate of drug-likeness (QED) is 0.463. The van der Waals surface area contributed by atoms with Crippen LogP contribution < -0.4 is 0 Å². The smallest absolute Gasteiger partial charge is 0.334 e. The Balaban J connectivity index is 2.80. The van der Waals surface area contributed by atoms with Crippen molar-refractivity contribution in [3.63, 3.8) is 0 Å². The first kappa shape index (κ1) is 14.7. The molecule has 0 saturated carbocycles. The Morgan fingerprint density at radius 2 is 1.79 bits per heavy atom. The van der Waals surface area contributed by atoms with Gasteiger partial charge in [0.25, 0.3) is 0 Å². The number of hydrogen-bond donors (Lipinski definition) is 0. The normalized spacial score (nSPS) is 11.4. The summed E-state index contributed by atoms with van der Waals surface area (Å²) in [7, 11) is 2.55. The van der Waals surface area contributed by atoms with E-state index in [2.05, 4.69) is 9.47 Å². The lowest BCUT2D eigenvalue weighted by Gasteiger charge is -2.02. The average Bonchev–Trinajstić information content (AvgIpc) is 2.46. The van der Waals surface area contributed by atoms with E-state index in [1.54, 1.807) is 12.2 Å². The van der Waals surface area contributed by atoms with E-state index < -0.39 is 11.9 Å². The molecule has 0 N–H and O–H groups in total. The van der Waals surface area contributed by atoms with Crippen molar-refractivity contribution in [3.05, 3.63) is 53.6 Å². The molecule has 0 saturated heterocycles. The first-order chi connectivity index (χ1) is 9.17. The fourth-order valence-corrected chi connectivity index (χ4v) is 1.40. The second-order valence-electron chi connectivity index (χ2n) is 3.71. The van der Waals surface area contributed by atoms with Gasteiger partial charge >= 0.3 is 11.9 Å². The summed E-state index contributed by atoms with van der Waals surface area (Å²) in [5.74, 6) is -1.02. The number of benzene rings is 1. The molecule has 0 aliphatic rings. The number of methoxy groups -OCH3 is 2. The summed E-state index contributed by atoms with van der Waals surface area (Å²) in [4.78, 5) is 22.7. The Morgan fingerprint density at radius 3 is 2.37 bits per heavy atom. The van der Waals surface area contributed by atoms with Crippen molar-refractivity contribution >= 4 is 18.0 Å². The predicted molar refractivity (Wildman–Crippen MR) is 72.2 cm³/mol. The average molecular weight is 260 g/mol. The van der Waals surface area contributed by atoms with Gasteiger partial charge in [0.05, 0.1) is 20.6 Å². The maximum absolute atomic E-state index is 11.5. The highest BCUT2D eigenvalue weighted by molar-refractivity contribution is 5.94. The van der Waals surface area contributed by atoms with E-state index in [0.717, 1.165) is 5.56 Å². The standard InChI is InChI=1S/C15H16O4/c1-18-14(16)11-13(15(17)19-2)10-6-9-12-7-4-3-5-8-12/h3-10H,11H2,1-2H3/b9-6+,13-10+. The van der Waals surface area contributed by atoms with Gasteiger partial charge in [-0.3, -0.25) is 4.79 Å². The van der Waals surface area contributed by atoms with Crippen molar-refractivity contribution in [1.29, 1.82) is 0 Å². The van der Waals surface area contributed by atoms with Gasteiger partial charge in [-0.1, -0.05) is 48.6 Å². The first-order valence-electron chi connectivity index (χ1n) is 5.74. The number of allylic oxidation sites excluding steroid dienone is 2. The van der Waals surface area contributed by atoms with E-state index in [0.29, 0.717) is 0 Å². The number of carbonyl (C=O) groups excluding carboxylic acids is 2. The molecular formula is C15H16O4. The number of ether oxygens (including phenoxy) is 2. The molecule has 19 heavy (non-hydrogen) atoms. The van der Waals surface area contributed by atoms with Crippen molar-refractivity contribution in [2.75, 3.05) is 14.2 Å². The minimum atomic E-state index is -0.539. The van der Waals surface area contributed by atoms with Crippen LogP contribution in [0.15, 0.2) is 48.1 Å². The Hall–Kier alpha value is -2.36.